The molecule has 3 heterocycles. The fourth-order valence-electron chi connectivity index (χ4n) is 5.34. The van der Waals surface area contributed by atoms with Gasteiger partial charge in [-0.2, -0.15) is 0 Å². The number of carbonyl (C=O) groups excluding carboxylic acids is 3. The van der Waals surface area contributed by atoms with Gasteiger partial charge in [0.25, 0.3) is 0 Å². The van der Waals surface area contributed by atoms with Crippen molar-refractivity contribution in [1.82, 2.24) is 9.88 Å². The number of amides is 2. The molecule has 6 heteroatoms. The van der Waals surface area contributed by atoms with Gasteiger partial charge in [0.05, 0.1) is 22.6 Å². The van der Waals surface area contributed by atoms with E-state index in [9.17, 15) is 14.4 Å². The molecule has 6 nitrogen and oxygen atoms in total. The van der Waals surface area contributed by atoms with Crippen molar-refractivity contribution in [2.75, 3.05) is 11.4 Å². The summed E-state index contributed by atoms with van der Waals surface area (Å²) < 4.78 is 0. The van der Waals surface area contributed by atoms with E-state index in [0.29, 0.717) is 35.7 Å². The summed E-state index contributed by atoms with van der Waals surface area (Å²) in [5, 5.41) is 1.01. The number of aromatic nitrogens is 1. The van der Waals surface area contributed by atoms with Gasteiger partial charge in [-0.25, -0.2) is 4.98 Å². The smallest absolute Gasteiger partial charge is 0.228 e. The van der Waals surface area contributed by atoms with Crippen molar-refractivity contribution >= 4 is 40.3 Å². The Hall–Kier alpha value is -4.58. The summed E-state index contributed by atoms with van der Waals surface area (Å²) in [6.45, 7) is 4.41. The summed E-state index contributed by atoms with van der Waals surface area (Å²) in [6.07, 6.45) is 2.52. The van der Waals surface area contributed by atoms with Gasteiger partial charge in [0.15, 0.2) is 0 Å². The van der Waals surface area contributed by atoms with E-state index < -0.39 is 0 Å². The van der Waals surface area contributed by atoms with Crippen molar-refractivity contribution in [2.45, 2.75) is 26.8 Å². The number of rotatable bonds is 2. The number of Topliss-reactive ketones (excluding diaryl/α,β-unsaturated/α-hetero) is 1. The molecule has 0 spiro atoms. The third-order valence-corrected chi connectivity index (χ3v) is 7.17. The van der Waals surface area contributed by atoms with Crippen LogP contribution in [0.1, 0.15) is 41.0 Å². The zero-order chi connectivity index (χ0) is 25.7. The molecule has 0 aliphatic carbocycles. The molecule has 0 saturated carbocycles. The van der Waals surface area contributed by atoms with Crippen molar-refractivity contribution in [3.05, 3.63) is 101 Å². The molecule has 0 N–H and O–H groups in total. The van der Waals surface area contributed by atoms with Gasteiger partial charge in [-0.05, 0) is 59.0 Å². The first-order chi connectivity index (χ1) is 17.9. The van der Waals surface area contributed by atoms with Crippen molar-refractivity contribution in [3.63, 3.8) is 0 Å². The topological polar surface area (TPSA) is 70.6 Å². The van der Waals surface area contributed by atoms with Crippen LogP contribution in [-0.4, -0.2) is 34.0 Å². The Labute approximate surface area is 214 Å². The standard InChI is InChI=1S/C31H25N3O3/c1-19(35)33-14-13-21-15-22(11-12-23(21)18-33)27-16-24(32-28-9-5-3-7-25(27)28)17-30-31(37)26-8-4-6-10-29(26)34(30)20(2)36/h3-12,15-17H,13-14,18H2,1-2H3/b30-17-. The zero-order valence-electron chi connectivity index (χ0n) is 20.7. The second-order valence-corrected chi connectivity index (χ2v) is 9.52. The maximum Gasteiger partial charge on any atom is 0.228 e. The normalized spacial score (nSPS) is 15.7. The molecule has 0 radical (unpaired) electrons. The van der Waals surface area contributed by atoms with Gasteiger partial charge in [0.1, 0.15) is 0 Å². The van der Waals surface area contributed by atoms with Gasteiger partial charge in [-0.3, -0.25) is 19.3 Å². The fraction of sp³-hybridized carbons (Fsp3) is 0.161. The summed E-state index contributed by atoms with van der Waals surface area (Å²) >= 11 is 0. The van der Waals surface area contributed by atoms with Crippen LogP contribution in [0.15, 0.2) is 78.5 Å². The number of anilines is 1. The predicted molar refractivity (Wildman–Crippen MR) is 144 cm³/mol. The minimum atomic E-state index is -0.222. The average Bonchev–Trinajstić information content (AvgIpc) is 3.19. The Bertz CT molecular complexity index is 1650. The largest absolute Gasteiger partial charge is 0.338 e. The van der Waals surface area contributed by atoms with Crippen molar-refractivity contribution in [1.29, 1.82) is 0 Å². The highest BCUT2D eigenvalue weighted by Gasteiger charge is 2.34. The second-order valence-electron chi connectivity index (χ2n) is 9.52. The molecule has 0 fully saturated rings. The molecule has 2 aliphatic rings. The quantitative estimate of drug-likeness (QED) is 0.355. The Morgan fingerprint density at radius 1 is 0.865 bits per heavy atom. The molecule has 1 aromatic heterocycles. The number of carbonyl (C=O) groups is 3. The van der Waals surface area contributed by atoms with Crippen molar-refractivity contribution in [3.8, 4) is 11.1 Å². The summed E-state index contributed by atoms with van der Waals surface area (Å²) in [6, 6.07) is 23.5. The lowest BCUT2D eigenvalue weighted by molar-refractivity contribution is -0.129. The number of ketones is 1. The summed E-state index contributed by atoms with van der Waals surface area (Å²) in [5.41, 5.74) is 7.29. The first-order valence-electron chi connectivity index (χ1n) is 12.3. The number of para-hydroxylation sites is 2. The van der Waals surface area contributed by atoms with Crippen LogP contribution in [0, 0.1) is 0 Å². The fourth-order valence-corrected chi connectivity index (χ4v) is 5.34. The van der Waals surface area contributed by atoms with E-state index in [0.717, 1.165) is 34.0 Å². The van der Waals surface area contributed by atoms with Gasteiger partial charge in [0, 0.05) is 37.9 Å². The number of hydrogen-bond donors (Lipinski definition) is 0. The number of benzene rings is 3. The molecule has 3 aromatic carbocycles. The molecule has 2 amide bonds. The van der Waals surface area contributed by atoms with Crippen LogP contribution in [0.4, 0.5) is 5.69 Å². The van der Waals surface area contributed by atoms with E-state index in [-0.39, 0.29) is 17.6 Å². The molecule has 0 atom stereocenters. The van der Waals surface area contributed by atoms with Crippen LogP contribution in [0.2, 0.25) is 0 Å². The maximum atomic E-state index is 13.3. The Kier molecular flexibility index (Phi) is 5.45. The third kappa shape index (κ3) is 3.91. The molecule has 182 valence electrons. The van der Waals surface area contributed by atoms with Gasteiger partial charge in [-0.15, -0.1) is 0 Å². The highest BCUT2D eigenvalue weighted by atomic mass is 16.2. The van der Waals surface area contributed by atoms with E-state index in [4.69, 9.17) is 4.98 Å². The monoisotopic (exact) mass is 487 g/mol. The van der Waals surface area contributed by atoms with E-state index in [1.54, 1.807) is 31.2 Å². The molecule has 0 saturated heterocycles. The lowest BCUT2D eigenvalue weighted by Crippen LogP contribution is -2.34. The maximum absolute atomic E-state index is 13.3. The first-order valence-corrected chi connectivity index (χ1v) is 12.3. The highest BCUT2D eigenvalue weighted by Crippen LogP contribution is 2.37. The lowest BCUT2D eigenvalue weighted by Gasteiger charge is -2.28. The molecule has 0 unspecified atom stereocenters. The van der Waals surface area contributed by atoms with Gasteiger partial charge in [0.2, 0.25) is 17.6 Å². The molecule has 37 heavy (non-hydrogen) atoms. The third-order valence-electron chi connectivity index (χ3n) is 7.17. The van der Waals surface area contributed by atoms with Crippen molar-refractivity contribution < 1.29 is 14.4 Å². The summed E-state index contributed by atoms with van der Waals surface area (Å²) in [5.74, 6) is -0.318. The van der Waals surface area contributed by atoms with Gasteiger partial charge in [-0.1, -0.05) is 48.5 Å². The predicted octanol–water partition coefficient (Wildman–Crippen LogP) is 5.40. The van der Waals surface area contributed by atoms with Crippen LogP contribution in [0.5, 0.6) is 0 Å². The van der Waals surface area contributed by atoms with E-state index in [2.05, 4.69) is 18.2 Å². The molecule has 2 aliphatic heterocycles. The Morgan fingerprint density at radius 2 is 1.65 bits per heavy atom. The van der Waals surface area contributed by atoms with Crippen molar-refractivity contribution in [2.24, 2.45) is 0 Å². The minimum absolute atomic E-state index is 0.0933. The molecule has 0 bridgehead atoms. The number of pyridine rings is 1. The van der Waals surface area contributed by atoms with Crippen LogP contribution < -0.4 is 4.90 Å². The Morgan fingerprint density at radius 3 is 2.46 bits per heavy atom. The first kappa shape index (κ1) is 22.9. The highest BCUT2D eigenvalue weighted by molar-refractivity contribution is 6.26. The van der Waals surface area contributed by atoms with Crippen LogP contribution >= 0.6 is 0 Å². The summed E-state index contributed by atoms with van der Waals surface area (Å²) in [4.78, 5) is 45.8. The average molecular weight is 488 g/mol. The summed E-state index contributed by atoms with van der Waals surface area (Å²) in [7, 11) is 0. The molecule has 6 rings (SSSR count). The van der Waals surface area contributed by atoms with E-state index in [1.807, 2.05) is 41.3 Å². The van der Waals surface area contributed by atoms with Gasteiger partial charge >= 0.3 is 0 Å². The van der Waals surface area contributed by atoms with E-state index >= 15 is 0 Å². The van der Waals surface area contributed by atoms with Crippen LogP contribution in [0.3, 0.4) is 0 Å². The number of fused-ring (bicyclic) bond motifs is 3. The second kappa shape index (κ2) is 8.82. The molecule has 4 aromatic rings. The minimum Gasteiger partial charge on any atom is -0.338 e. The van der Waals surface area contributed by atoms with Crippen LogP contribution in [-0.2, 0) is 22.6 Å². The number of allylic oxidation sites excluding steroid dienone is 1. The Balaban J connectivity index is 1.47. The van der Waals surface area contributed by atoms with Gasteiger partial charge < -0.3 is 4.90 Å². The molecular formula is C31H25N3O3. The molecular weight excluding hydrogens is 462 g/mol. The SMILES string of the molecule is CC(=O)N1CCc2cc(-c3cc(/C=C4/C(=O)c5ccccc5N4C(C)=O)nc4ccccc34)ccc2C1. The number of hydrogen-bond acceptors (Lipinski definition) is 4. The van der Waals surface area contributed by atoms with E-state index in [1.165, 1.54) is 17.4 Å². The zero-order valence-corrected chi connectivity index (χ0v) is 20.7. The lowest BCUT2D eigenvalue weighted by atomic mass is 9.93. The number of nitrogens with zero attached hydrogens (tertiary/aromatic N) is 3. The van der Waals surface area contributed by atoms with Crippen LogP contribution in [0.25, 0.3) is 28.1 Å².